The molecule has 120 valence electrons. The zero-order valence-corrected chi connectivity index (χ0v) is 15.1. The van der Waals surface area contributed by atoms with Gasteiger partial charge in [-0.05, 0) is 29.2 Å². The van der Waals surface area contributed by atoms with Crippen molar-refractivity contribution >= 4 is 15.9 Å². The predicted molar refractivity (Wildman–Crippen MR) is 101 cm³/mol. The van der Waals surface area contributed by atoms with Crippen LogP contribution in [0.25, 0.3) is 0 Å². The van der Waals surface area contributed by atoms with Gasteiger partial charge in [-0.1, -0.05) is 95.7 Å². The number of hydrogen-bond acceptors (Lipinski definition) is 1. The fourth-order valence-electron chi connectivity index (χ4n) is 4.13. The number of fused-ring (bicyclic) bond motifs is 1. The van der Waals surface area contributed by atoms with Gasteiger partial charge in [0.1, 0.15) is 5.60 Å². The molecule has 1 aliphatic rings. The average molecular weight is 379 g/mol. The molecule has 3 aromatic carbocycles. The molecule has 0 saturated carbocycles. The highest BCUT2D eigenvalue weighted by molar-refractivity contribution is 9.10. The highest BCUT2D eigenvalue weighted by atomic mass is 79.9. The predicted octanol–water partition coefficient (Wildman–Crippen LogP) is 5.39. The van der Waals surface area contributed by atoms with Crippen molar-refractivity contribution in [3.63, 3.8) is 0 Å². The van der Waals surface area contributed by atoms with Crippen molar-refractivity contribution in [3.05, 3.63) is 106 Å². The Morgan fingerprint density at radius 3 is 1.96 bits per heavy atom. The Bertz CT molecular complexity index is 889. The lowest BCUT2D eigenvalue weighted by atomic mass is 9.76. The van der Waals surface area contributed by atoms with E-state index in [0.717, 1.165) is 15.6 Å². The SMILES string of the molecule is CC1(c2ccccc2)CC(O)(c2ccccc2Br)c2ccccc21. The molecule has 0 heterocycles. The van der Waals surface area contributed by atoms with Gasteiger partial charge < -0.3 is 5.11 Å². The van der Waals surface area contributed by atoms with Crippen molar-refractivity contribution in [1.29, 1.82) is 0 Å². The largest absolute Gasteiger partial charge is 0.380 e. The van der Waals surface area contributed by atoms with Crippen LogP contribution in [0.5, 0.6) is 0 Å². The molecule has 3 aromatic rings. The van der Waals surface area contributed by atoms with Crippen molar-refractivity contribution in [2.45, 2.75) is 24.4 Å². The fraction of sp³-hybridized carbons (Fsp3) is 0.182. The summed E-state index contributed by atoms with van der Waals surface area (Å²) in [5.41, 5.74) is 3.15. The van der Waals surface area contributed by atoms with Crippen LogP contribution in [0, 0.1) is 0 Å². The van der Waals surface area contributed by atoms with Crippen molar-refractivity contribution in [3.8, 4) is 0 Å². The van der Waals surface area contributed by atoms with E-state index in [0.29, 0.717) is 6.42 Å². The van der Waals surface area contributed by atoms with E-state index in [1.165, 1.54) is 11.1 Å². The van der Waals surface area contributed by atoms with E-state index in [4.69, 9.17) is 0 Å². The van der Waals surface area contributed by atoms with Crippen molar-refractivity contribution in [2.75, 3.05) is 0 Å². The first-order valence-electron chi connectivity index (χ1n) is 8.19. The van der Waals surface area contributed by atoms with Gasteiger partial charge in [0, 0.05) is 15.5 Å². The van der Waals surface area contributed by atoms with Crippen LogP contribution in [0.3, 0.4) is 0 Å². The van der Waals surface area contributed by atoms with E-state index >= 15 is 0 Å². The second-order valence-corrected chi connectivity index (χ2v) is 7.61. The number of rotatable bonds is 2. The maximum Gasteiger partial charge on any atom is 0.117 e. The number of aliphatic hydroxyl groups is 1. The van der Waals surface area contributed by atoms with Gasteiger partial charge in [-0.2, -0.15) is 0 Å². The van der Waals surface area contributed by atoms with Crippen LogP contribution in [0.4, 0.5) is 0 Å². The van der Waals surface area contributed by atoms with Gasteiger partial charge in [0.2, 0.25) is 0 Å². The molecule has 0 amide bonds. The van der Waals surface area contributed by atoms with Gasteiger partial charge in [-0.3, -0.25) is 0 Å². The summed E-state index contributed by atoms with van der Waals surface area (Å²) in [6, 6.07) is 26.7. The minimum absolute atomic E-state index is 0.220. The van der Waals surface area contributed by atoms with Crippen molar-refractivity contribution < 1.29 is 5.11 Å². The van der Waals surface area contributed by atoms with Crippen LogP contribution in [0.15, 0.2) is 83.3 Å². The lowest BCUT2D eigenvalue weighted by molar-refractivity contribution is 0.0700. The molecule has 0 aliphatic heterocycles. The molecule has 1 aliphatic carbocycles. The van der Waals surface area contributed by atoms with Crippen LogP contribution < -0.4 is 0 Å². The number of hydrogen-bond donors (Lipinski definition) is 1. The van der Waals surface area contributed by atoms with Gasteiger partial charge >= 0.3 is 0 Å². The standard InChI is InChI=1S/C22H19BrO/c1-21(16-9-3-2-4-10-16)15-22(24,18-12-6-5-11-17(18)21)19-13-7-8-14-20(19)23/h2-14,24H,15H2,1H3. The first-order valence-corrected chi connectivity index (χ1v) is 8.98. The van der Waals surface area contributed by atoms with E-state index in [9.17, 15) is 5.11 Å². The zero-order chi connectivity index (χ0) is 16.8. The van der Waals surface area contributed by atoms with E-state index in [-0.39, 0.29) is 5.41 Å². The van der Waals surface area contributed by atoms with Crippen LogP contribution in [0.1, 0.15) is 35.6 Å². The van der Waals surface area contributed by atoms with Crippen molar-refractivity contribution in [2.24, 2.45) is 0 Å². The third-order valence-corrected chi connectivity index (χ3v) is 6.00. The summed E-state index contributed by atoms with van der Waals surface area (Å²) in [5.74, 6) is 0. The Morgan fingerprint density at radius 2 is 1.29 bits per heavy atom. The lowest BCUT2D eigenvalue weighted by Crippen LogP contribution is -2.29. The zero-order valence-electron chi connectivity index (χ0n) is 13.5. The smallest absolute Gasteiger partial charge is 0.117 e. The second-order valence-electron chi connectivity index (χ2n) is 6.76. The molecule has 0 aromatic heterocycles. The van der Waals surface area contributed by atoms with Crippen LogP contribution in [-0.4, -0.2) is 5.11 Å². The lowest BCUT2D eigenvalue weighted by Gasteiger charge is -2.30. The van der Waals surface area contributed by atoms with Crippen LogP contribution in [-0.2, 0) is 11.0 Å². The molecule has 0 bridgehead atoms. The minimum atomic E-state index is -0.999. The molecule has 4 rings (SSSR count). The Hall–Kier alpha value is -1.90. The fourth-order valence-corrected chi connectivity index (χ4v) is 4.74. The monoisotopic (exact) mass is 378 g/mol. The van der Waals surface area contributed by atoms with E-state index < -0.39 is 5.60 Å². The molecule has 2 atom stereocenters. The number of halogens is 1. The van der Waals surface area contributed by atoms with Crippen LogP contribution in [0.2, 0.25) is 0 Å². The Morgan fingerprint density at radius 1 is 0.750 bits per heavy atom. The molecule has 2 heteroatoms. The Balaban J connectivity index is 1.97. The maximum absolute atomic E-state index is 11.8. The van der Waals surface area contributed by atoms with Crippen LogP contribution >= 0.6 is 15.9 Å². The summed E-state index contributed by atoms with van der Waals surface area (Å²) in [7, 11) is 0. The Kier molecular flexibility index (Phi) is 3.63. The third kappa shape index (κ3) is 2.17. The third-order valence-electron chi connectivity index (χ3n) is 5.31. The maximum atomic E-state index is 11.8. The molecule has 1 nitrogen and oxygen atoms in total. The summed E-state index contributed by atoms with van der Waals surface area (Å²) in [5, 5.41) is 11.8. The molecule has 0 radical (unpaired) electrons. The molecule has 0 saturated heterocycles. The first kappa shape index (κ1) is 15.6. The molecular weight excluding hydrogens is 360 g/mol. The first-order chi connectivity index (χ1) is 11.6. The van der Waals surface area contributed by atoms with Gasteiger partial charge in [-0.25, -0.2) is 0 Å². The van der Waals surface area contributed by atoms with Gasteiger partial charge in [0.05, 0.1) is 0 Å². The molecule has 1 N–H and O–H groups in total. The summed E-state index contributed by atoms with van der Waals surface area (Å²) in [6.45, 7) is 2.23. The molecule has 24 heavy (non-hydrogen) atoms. The molecule has 2 unspecified atom stereocenters. The summed E-state index contributed by atoms with van der Waals surface area (Å²) < 4.78 is 0.944. The van der Waals surface area contributed by atoms with Gasteiger partial charge in [-0.15, -0.1) is 0 Å². The molecular formula is C22H19BrO. The summed E-state index contributed by atoms with van der Waals surface area (Å²) >= 11 is 3.63. The highest BCUT2D eigenvalue weighted by Crippen LogP contribution is 2.55. The van der Waals surface area contributed by atoms with Gasteiger partial charge in [0.15, 0.2) is 0 Å². The van der Waals surface area contributed by atoms with Gasteiger partial charge in [0.25, 0.3) is 0 Å². The normalized spacial score (nSPS) is 25.5. The summed E-state index contributed by atoms with van der Waals surface area (Å²) in [6.07, 6.45) is 0.631. The average Bonchev–Trinajstić information content (AvgIpc) is 2.86. The summed E-state index contributed by atoms with van der Waals surface area (Å²) in [4.78, 5) is 0. The van der Waals surface area contributed by atoms with E-state index in [1.54, 1.807) is 0 Å². The van der Waals surface area contributed by atoms with E-state index in [1.807, 2.05) is 36.4 Å². The number of benzene rings is 3. The Labute approximate surface area is 151 Å². The highest BCUT2D eigenvalue weighted by Gasteiger charge is 2.51. The molecule has 0 spiro atoms. The second kappa shape index (κ2) is 5.58. The molecule has 0 fully saturated rings. The van der Waals surface area contributed by atoms with Crippen molar-refractivity contribution in [1.82, 2.24) is 0 Å². The minimum Gasteiger partial charge on any atom is -0.380 e. The topological polar surface area (TPSA) is 20.2 Å². The quantitative estimate of drug-likeness (QED) is 0.633. The van der Waals surface area contributed by atoms with E-state index in [2.05, 4.69) is 65.3 Å².